The minimum atomic E-state index is 0.309. The molecule has 0 bridgehead atoms. The standard InChI is InChI=1S/C10H9ClN4/c11-6-1-2-8(15-5-6)7-3-4-14-10(13)9(7)12/h1-5H,12H2,(H2,13,14). The molecule has 76 valence electrons. The molecule has 0 aliphatic heterocycles. The van der Waals surface area contributed by atoms with Crippen molar-refractivity contribution in [3.05, 3.63) is 35.6 Å². The van der Waals surface area contributed by atoms with Crippen molar-refractivity contribution < 1.29 is 0 Å². The van der Waals surface area contributed by atoms with Crippen molar-refractivity contribution in [1.29, 1.82) is 0 Å². The van der Waals surface area contributed by atoms with Gasteiger partial charge in [0.05, 0.1) is 16.4 Å². The summed E-state index contributed by atoms with van der Waals surface area (Å²) in [5, 5.41) is 0.583. The minimum absolute atomic E-state index is 0.309. The van der Waals surface area contributed by atoms with Gasteiger partial charge in [0.15, 0.2) is 0 Å². The molecule has 2 aromatic heterocycles. The molecule has 2 aromatic rings. The molecule has 0 fully saturated rings. The fourth-order valence-electron chi connectivity index (χ4n) is 1.25. The molecule has 0 aliphatic rings. The molecule has 0 unspecified atom stereocenters. The summed E-state index contributed by atoms with van der Waals surface area (Å²) in [5.41, 5.74) is 13.3. The summed E-state index contributed by atoms with van der Waals surface area (Å²) in [5.74, 6) is 0.309. The molecule has 0 amide bonds. The summed E-state index contributed by atoms with van der Waals surface area (Å²) < 4.78 is 0. The van der Waals surface area contributed by atoms with Crippen LogP contribution in [-0.4, -0.2) is 9.97 Å². The summed E-state index contributed by atoms with van der Waals surface area (Å²) in [6, 6.07) is 5.30. The predicted octanol–water partition coefficient (Wildman–Crippen LogP) is 1.96. The second kappa shape index (κ2) is 3.74. The van der Waals surface area contributed by atoms with Gasteiger partial charge in [0.1, 0.15) is 5.82 Å². The summed E-state index contributed by atoms with van der Waals surface area (Å²) in [6.45, 7) is 0. The van der Waals surface area contributed by atoms with Crippen molar-refractivity contribution in [3.63, 3.8) is 0 Å². The Morgan fingerprint density at radius 3 is 2.53 bits per heavy atom. The van der Waals surface area contributed by atoms with Crippen molar-refractivity contribution in [3.8, 4) is 11.3 Å². The van der Waals surface area contributed by atoms with E-state index in [1.54, 1.807) is 30.6 Å². The first-order valence-electron chi connectivity index (χ1n) is 4.30. The Labute approximate surface area is 91.9 Å². The van der Waals surface area contributed by atoms with Crippen LogP contribution in [0.2, 0.25) is 5.02 Å². The molecule has 4 N–H and O–H groups in total. The molecule has 2 rings (SSSR count). The van der Waals surface area contributed by atoms with Gasteiger partial charge in [-0.15, -0.1) is 0 Å². The third kappa shape index (κ3) is 1.85. The van der Waals surface area contributed by atoms with Crippen LogP contribution >= 0.6 is 11.6 Å². The zero-order valence-corrected chi connectivity index (χ0v) is 8.57. The molecule has 0 aromatic carbocycles. The fourth-order valence-corrected chi connectivity index (χ4v) is 1.36. The van der Waals surface area contributed by atoms with Crippen molar-refractivity contribution in [2.75, 3.05) is 11.5 Å². The molecule has 4 nitrogen and oxygen atoms in total. The summed E-state index contributed by atoms with van der Waals surface area (Å²) >= 11 is 5.74. The zero-order chi connectivity index (χ0) is 10.8. The second-order valence-electron chi connectivity index (χ2n) is 3.02. The van der Waals surface area contributed by atoms with E-state index in [4.69, 9.17) is 23.1 Å². The highest BCUT2D eigenvalue weighted by Crippen LogP contribution is 2.27. The lowest BCUT2D eigenvalue weighted by molar-refractivity contribution is 1.29. The number of halogens is 1. The number of hydrogen-bond acceptors (Lipinski definition) is 4. The monoisotopic (exact) mass is 220 g/mol. The Bertz CT molecular complexity index is 481. The first-order chi connectivity index (χ1) is 7.18. The van der Waals surface area contributed by atoms with E-state index in [0.29, 0.717) is 16.5 Å². The van der Waals surface area contributed by atoms with Gasteiger partial charge in [0.2, 0.25) is 0 Å². The Morgan fingerprint density at radius 2 is 1.87 bits per heavy atom. The number of rotatable bonds is 1. The van der Waals surface area contributed by atoms with Crippen LogP contribution in [0.3, 0.4) is 0 Å². The topological polar surface area (TPSA) is 77.8 Å². The van der Waals surface area contributed by atoms with E-state index in [1.807, 2.05) is 0 Å². The van der Waals surface area contributed by atoms with Gasteiger partial charge in [0.25, 0.3) is 0 Å². The van der Waals surface area contributed by atoms with E-state index in [-0.39, 0.29) is 0 Å². The van der Waals surface area contributed by atoms with E-state index in [9.17, 15) is 0 Å². The van der Waals surface area contributed by atoms with Gasteiger partial charge in [-0.05, 0) is 18.2 Å². The Kier molecular flexibility index (Phi) is 2.43. The quantitative estimate of drug-likeness (QED) is 0.770. The molecule has 0 saturated carbocycles. The van der Waals surface area contributed by atoms with Crippen LogP contribution in [0, 0.1) is 0 Å². The van der Waals surface area contributed by atoms with Gasteiger partial charge in [-0.25, -0.2) is 4.98 Å². The number of nitrogens with zero attached hydrogens (tertiary/aromatic N) is 2. The van der Waals surface area contributed by atoms with E-state index in [1.165, 1.54) is 0 Å². The summed E-state index contributed by atoms with van der Waals surface area (Å²) in [6.07, 6.45) is 3.16. The molecule has 0 radical (unpaired) electrons. The van der Waals surface area contributed by atoms with Crippen molar-refractivity contribution in [1.82, 2.24) is 9.97 Å². The molecular formula is C10H9ClN4. The smallest absolute Gasteiger partial charge is 0.147 e. The number of nitrogens with two attached hydrogens (primary N) is 2. The van der Waals surface area contributed by atoms with Gasteiger partial charge in [-0.2, -0.15) is 0 Å². The van der Waals surface area contributed by atoms with Crippen LogP contribution in [-0.2, 0) is 0 Å². The normalized spacial score (nSPS) is 10.2. The molecule has 15 heavy (non-hydrogen) atoms. The maximum Gasteiger partial charge on any atom is 0.147 e. The number of anilines is 2. The Hall–Kier alpha value is -1.81. The van der Waals surface area contributed by atoms with Crippen molar-refractivity contribution in [2.45, 2.75) is 0 Å². The molecular weight excluding hydrogens is 212 g/mol. The third-order valence-corrected chi connectivity index (χ3v) is 2.25. The zero-order valence-electron chi connectivity index (χ0n) is 7.81. The predicted molar refractivity (Wildman–Crippen MR) is 61.3 cm³/mol. The lowest BCUT2D eigenvalue weighted by atomic mass is 10.1. The van der Waals surface area contributed by atoms with Crippen LogP contribution in [0.15, 0.2) is 30.6 Å². The van der Waals surface area contributed by atoms with E-state index in [2.05, 4.69) is 9.97 Å². The number of pyridine rings is 2. The lowest BCUT2D eigenvalue weighted by Gasteiger charge is -2.06. The fraction of sp³-hybridized carbons (Fsp3) is 0. The first kappa shape index (κ1) is 9.73. The van der Waals surface area contributed by atoms with Crippen LogP contribution in [0.4, 0.5) is 11.5 Å². The maximum absolute atomic E-state index is 5.79. The van der Waals surface area contributed by atoms with E-state index < -0.39 is 0 Å². The maximum atomic E-state index is 5.79. The van der Waals surface area contributed by atoms with Gasteiger partial charge in [-0.3, -0.25) is 4.98 Å². The molecule has 0 spiro atoms. The van der Waals surface area contributed by atoms with Crippen LogP contribution in [0.1, 0.15) is 0 Å². The third-order valence-electron chi connectivity index (χ3n) is 2.02. The van der Waals surface area contributed by atoms with Gasteiger partial charge < -0.3 is 11.5 Å². The Morgan fingerprint density at radius 1 is 1.07 bits per heavy atom. The highest BCUT2D eigenvalue weighted by atomic mass is 35.5. The molecule has 0 atom stereocenters. The van der Waals surface area contributed by atoms with Crippen LogP contribution < -0.4 is 11.5 Å². The van der Waals surface area contributed by atoms with Gasteiger partial charge in [-0.1, -0.05) is 11.6 Å². The van der Waals surface area contributed by atoms with Gasteiger partial charge >= 0.3 is 0 Å². The average Bonchev–Trinajstić information content (AvgIpc) is 2.24. The highest BCUT2D eigenvalue weighted by Gasteiger charge is 2.06. The number of hydrogen-bond donors (Lipinski definition) is 2. The molecule has 5 heteroatoms. The lowest BCUT2D eigenvalue weighted by Crippen LogP contribution is -2.00. The largest absolute Gasteiger partial charge is 0.395 e. The van der Waals surface area contributed by atoms with Gasteiger partial charge in [0, 0.05) is 18.0 Å². The summed E-state index contributed by atoms with van der Waals surface area (Å²) in [7, 11) is 0. The van der Waals surface area contributed by atoms with Crippen molar-refractivity contribution >= 4 is 23.1 Å². The highest BCUT2D eigenvalue weighted by molar-refractivity contribution is 6.30. The molecule has 0 saturated heterocycles. The first-order valence-corrected chi connectivity index (χ1v) is 4.68. The Balaban J connectivity index is 2.54. The average molecular weight is 221 g/mol. The summed E-state index contributed by atoms with van der Waals surface area (Å²) in [4.78, 5) is 8.04. The minimum Gasteiger partial charge on any atom is -0.395 e. The molecule has 0 aliphatic carbocycles. The molecule has 2 heterocycles. The number of nitrogen functional groups attached to an aromatic ring is 2. The second-order valence-corrected chi connectivity index (χ2v) is 3.46. The van der Waals surface area contributed by atoms with E-state index in [0.717, 1.165) is 11.3 Å². The van der Waals surface area contributed by atoms with Crippen LogP contribution in [0.25, 0.3) is 11.3 Å². The number of aromatic nitrogens is 2. The van der Waals surface area contributed by atoms with Crippen LogP contribution in [0.5, 0.6) is 0 Å². The van der Waals surface area contributed by atoms with Crippen molar-refractivity contribution in [2.24, 2.45) is 0 Å². The van der Waals surface area contributed by atoms with E-state index >= 15 is 0 Å². The SMILES string of the molecule is Nc1nccc(-c2ccc(Cl)cn2)c1N.